The number of halogens is 1. The highest BCUT2D eigenvalue weighted by Crippen LogP contribution is 2.41. The Morgan fingerprint density at radius 1 is 0.850 bits per heavy atom. The number of imide groups is 1. The largest absolute Gasteiger partial charge is 0.488 e. The van der Waals surface area contributed by atoms with Crippen LogP contribution < -0.4 is 19.9 Å². The van der Waals surface area contributed by atoms with Gasteiger partial charge in [0, 0.05) is 76.3 Å². The molecule has 0 radical (unpaired) electrons. The zero-order valence-corrected chi connectivity index (χ0v) is 34.7. The van der Waals surface area contributed by atoms with Gasteiger partial charge in [-0.05, 0) is 114 Å². The molecule has 6 aliphatic rings. The van der Waals surface area contributed by atoms with E-state index < -0.39 is 23.7 Å². The first kappa shape index (κ1) is 39.0. The van der Waals surface area contributed by atoms with Crippen molar-refractivity contribution in [2.45, 2.75) is 82.9 Å². The maximum Gasteiger partial charge on any atom is 0.261 e. The van der Waals surface area contributed by atoms with Crippen molar-refractivity contribution in [1.29, 1.82) is 0 Å². The minimum atomic E-state index is -0.474. The van der Waals surface area contributed by atoms with Crippen molar-refractivity contribution in [2.24, 2.45) is 11.8 Å². The van der Waals surface area contributed by atoms with Crippen LogP contribution in [0.15, 0.2) is 42.7 Å². The minimum Gasteiger partial charge on any atom is -0.488 e. The van der Waals surface area contributed by atoms with Gasteiger partial charge in [-0.3, -0.25) is 29.3 Å². The van der Waals surface area contributed by atoms with Crippen molar-refractivity contribution in [3.05, 3.63) is 59.7 Å². The van der Waals surface area contributed by atoms with Gasteiger partial charge >= 0.3 is 0 Å². The number of fused-ring (bicyclic) bond motifs is 2. The molecule has 2 aromatic heterocycles. The van der Waals surface area contributed by atoms with E-state index in [1.807, 2.05) is 17.0 Å². The minimum absolute atomic E-state index is 0.0495. The number of rotatable bonds is 10. The second kappa shape index (κ2) is 15.7. The molecule has 4 saturated heterocycles. The molecular formula is C45H55FN10O4. The van der Waals surface area contributed by atoms with Gasteiger partial charge < -0.3 is 24.8 Å². The lowest BCUT2D eigenvalue weighted by Gasteiger charge is -2.43. The number of amides is 3. The molecule has 1 unspecified atom stereocenters. The van der Waals surface area contributed by atoms with Gasteiger partial charge in [0.15, 0.2) is 0 Å². The van der Waals surface area contributed by atoms with Gasteiger partial charge in [0.05, 0.1) is 34.1 Å². The molecule has 2 N–H and O–H groups in total. The van der Waals surface area contributed by atoms with Crippen molar-refractivity contribution in [3.63, 3.8) is 0 Å². The average Bonchev–Trinajstić information content (AvgIpc) is 3.74. The zero-order valence-electron chi connectivity index (χ0n) is 34.7. The second-order valence-electron chi connectivity index (χ2n) is 18.4. The molecule has 0 spiro atoms. The van der Waals surface area contributed by atoms with Crippen LogP contribution in [0, 0.1) is 17.7 Å². The number of aromatic nitrogens is 4. The molecule has 3 amide bonds. The number of anilines is 2. The Kier molecular flexibility index (Phi) is 10.2. The Labute approximate surface area is 349 Å². The number of ether oxygens (including phenoxy) is 1. The average molecular weight is 819 g/mol. The van der Waals surface area contributed by atoms with E-state index in [1.165, 1.54) is 23.8 Å². The van der Waals surface area contributed by atoms with Crippen LogP contribution in [-0.2, 0) is 4.79 Å². The molecule has 14 nitrogen and oxygen atoms in total. The molecule has 2 aromatic carbocycles. The van der Waals surface area contributed by atoms with Crippen LogP contribution in [0.25, 0.3) is 22.3 Å². The fraction of sp³-hybridized carbons (Fsp3) is 0.556. The maximum atomic E-state index is 15.5. The van der Waals surface area contributed by atoms with Crippen molar-refractivity contribution in [2.75, 3.05) is 75.2 Å². The van der Waals surface area contributed by atoms with Crippen LogP contribution in [0.2, 0.25) is 0 Å². The van der Waals surface area contributed by atoms with Crippen LogP contribution in [-0.4, -0.2) is 136 Å². The molecule has 7 heterocycles. The first-order chi connectivity index (χ1) is 29.1. The SMILES string of the molecule is C[C@H]1CN(c2cc(-c3n[nH]c4ccc(OC5(C)CC5)cc34)ncn2)CCN1CC1CCN(CC2CCN(c3cc4c(cc3F)C(=O)N(C3CCC(=O)NC3)C4=O)CC2)CC1. The summed E-state index contributed by atoms with van der Waals surface area (Å²) >= 11 is 0. The number of likely N-dealkylation sites (tertiary alicyclic amines) is 1. The highest BCUT2D eigenvalue weighted by Gasteiger charge is 2.43. The summed E-state index contributed by atoms with van der Waals surface area (Å²) in [6.45, 7) is 13.4. The lowest BCUT2D eigenvalue weighted by Crippen LogP contribution is -2.54. The van der Waals surface area contributed by atoms with Crippen LogP contribution in [0.1, 0.15) is 85.9 Å². The first-order valence-electron chi connectivity index (χ1n) is 22.0. The van der Waals surface area contributed by atoms with Gasteiger partial charge in [-0.1, -0.05) is 0 Å². The third-order valence-electron chi connectivity index (χ3n) is 14.1. The van der Waals surface area contributed by atoms with E-state index in [-0.39, 0.29) is 35.6 Å². The molecule has 0 bridgehead atoms. The Balaban J connectivity index is 0.683. The number of nitrogens with zero attached hydrogens (tertiary/aromatic N) is 8. The monoisotopic (exact) mass is 818 g/mol. The van der Waals surface area contributed by atoms with Crippen molar-refractivity contribution < 1.29 is 23.5 Å². The smallest absolute Gasteiger partial charge is 0.261 e. The van der Waals surface area contributed by atoms with Crippen LogP contribution in [0.3, 0.4) is 0 Å². The summed E-state index contributed by atoms with van der Waals surface area (Å²) in [6.07, 6.45) is 8.82. The predicted octanol–water partition coefficient (Wildman–Crippen LogP) is 5.10. The zero-order chi connectivity index (χ0) is 41.1. The summed E-state index contributed by atoms with van der Waals surface area (Å²) in [4.78, 5) is 58.4. The maximum absolute atomic E-state index is 15.5. The van der Waals surface area contributed by atoms with Crippen molar-refractivity contribution in [3.8, 4) is 17.1 Å². The van der Waals surface area contributed by atoms with E-state index in [1.54, 1.807) is 12.4 Å². The first-order valence-corrected chi connectivity index (χ1v) is 22.0. The fourth-order valence-electron chi connectivity index (χ4n) is 10.1. The standard InChI is InChI=1S/C45H55FN10O4/c1-28-24-55(40-22-38(48-27-49-40)42-35-19-32(60-45(2)11-12-45)4-5-37(35)50-51-42)18-17-54(28)26-30-7-13-52(14-8-30)25-29-9-15-53(16-10-29)39-21-34-33(20-36(39)46)43(58)56(44(34)59)31-3-6-41(57)47-23-31/h4-5,19-22,27-31H,3,6-18,23-26H2,1-2H3,(H,47,57)(H,50,51)/t28-,31?/m0/s1. The van der Waals surface area contributed by atoms with Gasteiger partial charge in [-0.15, -0.1) is 0 Å². The Hall–Kier alpha value is -5.15. The molecule has 5 fully saturated rings. The molecule has 1 saturated carbocycles. The summed E-state index contributed by atoms with van der Waals surface area (Å²) in [7, 11) is 0. The second-order valence-corrected chi connectivity index (χ2v) is 18.4. The van der Waals surface area contributed by atoms with Gasteiger partial charge in [-0.2, -0.15) is 5.10 Å². The molecule has 15 heteroatoms. The Bertz CT molecular complexity index is 2290. The van der Waals surface area contributed by atoms with E-state index in [0.717, 1.165) is 105 Å². The molecule has 5 aliphatic heterocycles. The lowest BCUT2D eigenvalue weighted by molar-refractivity contribution is -0.123. The summed E-state index contributed by atoms with van der Waals surface area (Å²) in [6, 6.07) is 11.0. The molecule has 4 aromatic rings. The summed E-state index contributed by atoms with van der Waals surface area (Å²) < 4.78 is 21.7. The number of benzene rings is 2. The topological polar surface area (TPSA) is 143 Å². The molecule has 2 atom stereocenters. The number of nitrogens with one attached hydrogen (secondary N) is 2. The number of piperidine rings is 3. The van der Waals surface area contributed by atoms with Crippen LogP contribution >= 0.6 is 0 Å². The molecule has 60 heavy (non-hydrogen) atoms. The predicted molar refractivity (Wildman–Crippen MR) is 226 cm³/mol. The summed E-state index contributed by atoms with van der Waals surface area (Å²) in [5, 5.41) is 11.5. The van der Waals surface area contributed by atoms with Gasteiger partial charge in [0.2, 0.25) is 5.91 Å². The normalized spacial score (nSPS) is 24.3. The number of hydrogen-bond acceptors (Lipinski definition) is 11. The third-order valence-corrected chi connectivity index (χ3v) is 14.1. The Morgan fingerprint density at radius 3 is 2.33 bits per heavy atom. The highest BCUT2D eigenvalue weighted by molar-refractivity contribution is 6.22. The fourth-order valence-corrected chi connectivity index (χ4v) is 10.1. The van der Waals surface area contributed by atoms with Crippen LogP contribution in [0.5, 0.6) is 5.75 Å². The van der Waals surface area contributed by atoms with E-state index >= 15 is 4.39 Å². The highest BCUT2D eigenvalue weighted by atomic mass is 19.1. The van der Waals surface area contributed by atoms with E-state index in [4.69, 9.17) is 9.72 Å². The van der Waals surface area contributed by atoms with Crippen molar-refractivity contribution >= 4 is 40.1 Å². The summed E-state index contributed by atoms with van der Waals surface area (Å²) in [5.74, 6) is 1.60. The molecule has 316 valence electrons. The third kappa shape index (κ3) is 7.70. The van der Waals surface area contributed by atoms with Crippen LogP contribution in [0.4, 0.5) is 15.9 Å². The van der Waals surface area contributed by atoms with Gasteiger partial charge in [0.25, 0.3) is 11.8 Å². The van der Waals surface area contributed by atoms with Crippen molar-refractivity contribution in [1.82, 2.24) is 40.2 Å². The van der Waals surface area contributed by atoms with E-state index in [9.17, 15) is 14.4 Å². The molecule has 10 rings (SSSR count). The van der Waals surface area contributed by atoms with E-state index in [0.29, 0.717) is 43.1 Å². The number of aromatic amines is 1. The van der Waals surface area contributed by atoms with Gasteiger partial charge in [0.1, 0.15) is 35.0 Å². The van der Waals surface area contributed by atoms with E-state index in [2.05, 4.69) is 61.2 Å². The number of piperazine rings is 1. The molecular weight excluding hydrogens is 764 g/mol. The Morgan fingerprint density at radius 2 is 1.60 bits per heavy atom. The lowest BCUT2D eigenvalue weighted by atomic mass is 9.91. The summed E-state index contributed by atoms with van der Waals surface area (Å²) in [5.41, 5.74) is 3.31. The number of hydrogen-bond donors (Lipinski definition) is 2. The number of carbonyl (C=O) groups is 3. The number of H-pyrrole nitrogens is 1. The molecule has 1 aliphatic carbocycles. The quantitative estimate of drug-likeness (QED) is 0.207. The number of carbonyl (C=O) groups excluding carboxylic acids is 3. The van der Waals surface area contributed by atoms with Gasteiger partial charge in [-0.25, -0.2) is 14.4 Å².